The van der Waals surface area contributed by atoms with Gasteiger partial charge >= 0.3 is 0 Å². The minimum atomic E-state index is 0.353. The summed E-state index contributed by atoms with van der Waals surface area (Å²) < 4.78 is 6.42. The second-order valence-electron chi connectivity index (χ2n) is 5.07. The Morgan fingerprint density at radius 1 is 1.05 bits per heavy atom. The van der Waals surface area contributed by atoms with E-state index >= 15 is 0 Å². The summed E-state index contributed by atoms with van der Waals surface area (Å²) >= 11 is 2.34. The third kappa shape index (κ3) is 2.55. The summed E-state index contributed by atoms with van der Waals surface area (Å²) in [7, 11) is 0. The zero-order valence-electron chi connectivity index (χ0n) is 11.9. The van der Waals surface area contributed by atoms with E-state index in [1.165, 1.54) is 11.1 Å². The Kier molecular flexibility index (Phi) is 3.71. The van der Waals surface area contributed by atoms with Gasteiger partial charge in [-0.25, -0.2) is 0 Å². The van der Waals surface area contributed by atoms with Crippen molar-refractivity contribution < 1.29 is 4.52 Å². The van der Waals surface area contributed by atoms with E-state index in [9.17, 15) is 0 Å². The molecule has 3 nitrogen and oxygen atoms in total. The van der Waals surface area contributed by atoms with Gasteiger partial charge in [0.05, 0.1) is 5.56 Å². The number of hydrogen-bond acceptors (Lipinski definition) is 3. The van der Waals surface area contributed by atoms with E-state index < -0.39 is 0 Å². The van der Waals surface area contributed by atoms with Crippen LogP contribution >= 0.6 is 22.6 Å². The van der Waals surface area contributed by atoms with Gasteiger partial charge in [-0.1, -0.05) is 53.2 Å². The Labute approximate surface area is 137 Å². The van der Waals surface area contributed by atoms with Crippen molar-refractivity contribution in [2.45, 2.75) is 13.8 Å². The average Bonchev–Trinajstić information content (AvgIpc) is 2.85. The van der Waals surface area contributed by atoms with Crippen LogP contribution in [0.3, 0.4) is 0 Å². The van der Waals surface area contributed by atoms with Crippen molar-refractivity contribution in [3.8, 4) is 22.4 Å². The third-order valence-corrected chi connectivity index (χ3v) is 4.94. The molecule has 21 heavy (non-hydrogen) atoms. The number of aromatic nitrogens is 1. The number of benzene rings is 2. The van der Waals surface area contributed by atoms with Crippen LogP contribution in [0, 0.1) is 17.4 Å². The number of halogens is 1. The molecule has 0 saturated heterocycles. The number of nitrogen functional groups attached to an aromatic ring is 1. The van der Waals surface area contributed by atoms with Crippen LogP contribution in [0.15, 0.2) is 47.0 Å². The number of anilines is 1. The highest BCUT2D eigenvalue weighted by atomic mass is 127. The van der Waals surface area contributed by atoms with Gasteiger partial charge in [-0.15, -0.1) is 0 Å². The quantitative estimate of drug-likeness (QED) is 0.639. The van der Waals surface area contributed by atoms with Crippen molar-refractivity contribution in [1.82, 2.24) is 5.16 Å². The molecule has 4 heteroatoms. The lowest BCUT2D eigenvalue weighted by molar-refractivity contribution is 0.439. The molecule has 0 saturated carbocycles. The molecular formula is C17H15IN2O. The lowest BCUT2D eigenvalue weighted by Gasteiger charge is -2.07. The van der Waals surface area contributed by atoms with Crippen LogP contribution in [0.25, 0.3) is 22.4 Å². The predicted octanol–water partition coefficient (Wildman–Crippen LogP) is 4.81. The van der Waals surface area contributed by atoms with Gasteiger partial charge in [0.25, 0.3) is 0 Å². The molecule has 0 bridgehead atoms. The third-order valence-electron chi connectivity index (χ3n) is 3.51. The lowest BCUT2D eigenvalue weighted by Crippen LogP contribution is -1.91. The first-order chi connectivity index (χ1) is 10.1. The molecule has 2 aromatic carbocycles. The Balaban J connectivity index is 2.22. The number of aryl methyl sites for hydroxylation is 2. The smallest absolute Gasteiger partial charge is 0.230 e. The summed E-state index contributed by atoms with van der Waals surface area (Å²) in [5.74, 6) is 0.353. The molecule has 1 aromatic heterocycles. The Morgan fingerprint density at radius 3 is 2.48 bits per heavy atom. The standard InChI is InChI=1S/C17H15IN2O/c1-10-6-8-12(9-7-10)14-16(20-21-17(14)19)13-5-3-4-11(2)15(13)18/h3-9H,19H2,1-2H3. The van der Waals surface area contributed by atoms with Gasteiger partial charge in [0.1, 0.15) is 5.69 Å². The fourth-order valence-corrected chi connectivity index (χ4v) is 2.93. The molecule has 0 fully saturated rings. The number of hydrogen-bond donors (Lipinski definition) is 1. The summed E-state index contributed by atoms with van der Waals surface area (Å²) in [6, 6.07) is 14.4. The SMILES string of the molecule is Cc1ccc(-c2c(-c3cccc(C)c3I)noc2N)cc1. The van der Waals surface area contributed by atoms with Crippen molar-refractivity contribution in [3.63, 3.8) is 0 Å². The van der Waals surface area contributed by atoms with Gasteiger partial charge < -0.3 is 10.3 Å². The van der Waals surface area contributed by atoms with Crippen molar-refractivity contribution in [2.24, 2.45) is 0 Å². The van der Waals surface area contributed by atoms with E-state index in [-0.39, 0.29) is 0 Å². The normalized spacial score (nSPS) is 10.8. The maximum absolute atomic E-state index is 6.01. The minimum absolute atomic E-state index is 0.353. The summed E-state index contributed by atoms with van der Waals surface area (Å²) in [5, 5.41) is 4.18. The maximum atomic E-state index is 6.01. The Bertz CT molecular complexity index is 791. The van der Waals surface area contributed by atoms with E-state index in [0.717, 1.165) is 26.0 Å². The lowest BCUT2D eigenvalue weighted by atomic mass is 9.99. The van der Waals surface area contributed by atoms with E-state index in [2.05, 4.69) is 59.8 Å². The van der Waals surface area contributed by atoms with Gasteiger partial charge in [0.15, 0.2) is 0 Å². The molecule has 3 aromatic rings. The molecule has 2 N–H and O–H groups in total. The second-order valence-corrected chi connectivity index (χ2v) is 6.15. The molecular weight excluding hydrogens is 375 g/mol. The fourth-order valence-electron chi connectivity index (χ4n) is 2.32. The molecule has 106 valence electrons. The molecule has 0 aliphatic heterocycles. The zero-order valence-corrected chi connectivity index (χ0v) is 14.0. The predicted molar refractivity (Wildman–Crippen MR) is 94.0 cm³/mol. The highest BCUT2D eigenvalue weighted by Gasteiger charge is 2.19. The maximum Gasteiger partial charge on any atom is 0.230 e. The molecule has 0 spiro atoms. The van der Waals surface area contributed by atoms with E-state index in [1.54, 1.807) is 0 Å². The highest BCUT2D eigenvalue weighted by molar-refractivity contribution is 14.1. The van der Waals surface area contributed by atoms with Crippen LogP contribution in [0.5, 0.6) is 0 Å². The van der Waals surface area contributed by atoms with Crippen LogP contribution in [0.1, 0.15) is 11.1 Å². The van der Waals surface area contributed by atoms with Crippen molar-refractivity contribution in [1.29, 1.82) is 0 Å². The summed E-state index contributed by atoms with van der Waals surface area (Å²) in [5.41, 5.74) is 12.1. The van der Waals surface area contributed by atoms with Crippen LogP contribution in [-0.2, 0) is 0 Å². The van der Waals surface area contributed by atoms with Crippen molar-refractivity contribution in [3.05, 3.63) is 57.2 Å². The Hall–Kier alpha value is -1.82. The molecule has 1 heterocycles. The molecule has 0 amide bonds. The highest BCUT2D eigenvalue weighted by Crippen LogP contribution is 2.38. The van der Waals surface area contributed by atoms with E-state index in [4.69, 9.17) is 10.3 Å². The largest absolute Gasteiger partial charge is 0.367 e. The molecule has 0 atom stereocenters. The summed E-state index contributed by atoms with van der Waals surface area (Å²) in [6.07, 6.45) is 0. The van der Waals surface area contributed by atoms with Gasteiger partial charge in [-0.2, -0.15) is 0 Å². The molecule has 0 unspecified atom stereocenters. The molecule has 0 aliphatic carbocycles. The topological polar surface area (TPSA) is 52.0 Å². The summed E-state index contributed by atoms with van der Waals surface area (Å²) in [6.45, 7) is 4.14. The average molecular weight is 390 g/mol. The number of rotatable bonds is 2. The van der Waals surface area contributed by atoms with Crippen LogP contribution in [0.4, 0.5) is 5.88 Å². The summed E-state index contributed by atoms with van der Waals surface area (Å²) in [4.78, 5) is 0. The fraction of sp³-hybridized carbons (Fsp3) is 0.118. The van der Waals surface area contributed by atoms with Gasteiger partial charge in [0, 0.05) is 9.13 Å². The first-order valence-electron chi connectivity index (χ1n) is 6.65. The van der Waals surface area contributed by atoms with Crippen molar-refractivity contribution >= 4 is 28.5 Å². The molecule has 0 radical (unpaired) electrons. The van der Waals surface area contributed by atoms with Gasteiger partial charge in [-0.3, -0.25) is 0 Å². The van der Waals surface area contributed by atoms with Crippen LogP contribution < -0.4 is 5.73 Å². The van der Waals surface area contributed by atoms with Gasteiger partial charge in [-0.05, 0) is 47.6 Å². The van der Waals surface area contributed by atoms with Crippen LogP contribution in [0.2, 0.25) is 0 Å². The Morgan fingerprint density at radius 2 is 1.76 bits per heavy atom. The zero-order chi connectivity index (χ0) is 15.0. The van der Waals surface area contributed by atoms with E-state index in [1.807, 2.05) is 24.3 Å². The monoisotopic (exact) mass is 390 g/mol. The van der Waals surface area contributed by atoms with Crippen molar-refractivity contribution in [2.75, 3.05) is 5.73 Å². The van der Waals surface area contributed by atoms with E-state index in [0.29, 0.717) is 5.88 Å². The molecule has 0 aliphatic rings. The number of nitrogens with two attached hydrogens (primary N) is 1. The second kappa shape index (κ2) is 5.52. The number of nitrogens with zero attached hydrogens (tertiary/aromatic N) is 1. The first kappa shape index (κ1) is 14.1. The van der Waals surface area contributed by atoms with Crippen LogP contribution in [-0.4, -0.2) is 5.16 Å². The minimum Gasteiger partial charge on any atom is -0.367 e. The molecule has 3 rings (SSSR count). The van der Waals surface area contributed by atoms with Gasteiger partial charge in [0.2, 0.25) is 5.88 Å². The first-order valence-corrected chi connectivity index (χ1v) is 7.73.